The molecule has 1 N–H and O–H groups in total. The molecule has 1 fully saturated rings. The summed E-state index contributed by atoms with van der Waals surface area (Å²) in [6, 6.07) is 12.9. The first-order valence-electron chi connectivity index (χ1n) is 8.53. The zero-order chi connectivity index (χ0) is 18.5. The molecule has 138 valence electrons. The average molecular weight is 393 g/mol. The quantitative estimate of drug-likeness (QED) is 0.847. The number of anilines is 1. The van der Waals surface area contributed by atoms with Crippen LogP contribution in [-0.2, 0) is 20.0 Å². The fraction of sp³-hybridized carbons (Fsp3) is 0.333. The van der Waals surface area contributed by atoms with E-state index in [-0.39, 0.29) is 21.8 Å². The van der Waals surface area contributed by atoms with Crippen molar-refractivity contribution in [3.8, 4) is 0 Å². The van der Waals surface area contributed by atoms with Gasteiger partial charge in [-0.15, -0.1) is 0 Å². The highest BCUT2D eigenvalue weighted by Gasteiger charge is 2.34. The van der Waals surface area contributed by atoms with Gasteiger partial charge in [-0.25, -0.2) is 21.6 Å². The van der Waals surface area contributed by atoms with Crippen molar-refractivity contribution < 1.29 is 16.8 Å². The first-order valence-corrected chi connectivity index (χ1v) is 11.5. The van der Waals surface area contributed by atoms with Crippen molar-refractivity contribution >= 4 is 25.7 Å². The molecule has 0 aromatic heterocycles. The van der Waals surface area contributed by atoms with Crippen molar-refractivity contribution in [1.29, 1.82) is 0 Å². The molecule has 0 amide bonds. The Morgan fingerprint density at radius 2 is 1.54 bits per heavy atom. The summed E-state index contributed by atoms with van der Waals surface area (Å²) in [4.78, 5) is 0.172. The van der Waals surface area contributed by atoms with E-state index in [4.69, 9.17) is 0 Å². The van der Waals surface area contributed by atoms with Crippen molar-refractivity contribution in [2.24, 2.45) is 0 Å². The zero-order valence-electron chi connectivity index (χ0n) is 14.3. The average Bonchev–Trinajstić information content (AvgIpc) is 3.36. The maximum atomic E-state index is 13.1. The van der Waals surface area contributed by atoms with Gasteiger partial charge in [-0.2, -0.15) is 0 Å². The molecule has 26 heavy (non-hydrogen) atoms. The molecule has 0 radical (unpaired) electrons. The van der Waals surface area contributed by atoms with Crippen LogP contribution < -0.4 is 9.03 Å². The third kappa shape index (κ3) is 3.02. The van der Waals surface area contributed by atoms with E-state index < -0.39 is 20.0 Å². The third-order valence-corrected chi connectivity index (χ3v) is 8.13. The minimum absolute atomic E-state index is 0.00555. The van der Waals surface area contributed by atoms with E-state index in [9.17, 15) is 16.8 Å². The summed E-state index contributed by atoms with van der Waals surface area (Å²) in [6.45, 7) is 2.37. The van der Waals surface area contributed by atoms with Gasteiger partial charge >= 0.3 is 0 Å². The van der Waals surface area contributed by atoms with Crippen molar-refractivity contribution in [2.75, 3.05) is 10.8 Å². The number of para-hydroxylation sites is 1. The lowest BCUT2D eigenvalue weighted by Gasteiger charge is -2.20. The van der Waals surface area contributed by atoms with E-state index in [0.29, 0.717) is 12.2 Å². The number of nitrogens with zero attached hydrogens (tertiary/aromatic N) is 1. The molecule has 8 heteroatoms. The Labute approximate surface area is 153 Å². The number of nitrogens with one attached hydrogen (secondary N) is 1. The third-order valence-electron chi connectivity index (χ3n) is 4.80. The van der Waals surface area contributed by atoms with Gasteiger partial charge in [0, 0.05) is 18.5 Å². The van der Waals surface area contributed by atoms with Crippen molar-refractivity contribution in [1.82, 2.24) is 4.72 Å². The topological polar surface area (TPSA) is 83.6 Å². The molecule has 2 aromatic rings. The SMILES string of the molecule is CC1CN(S(=O)(=O)c2ccc(S(=O)(=O)NC3CC3)cc2)c2ccccc21. The molecule has 1 unspecified atom stereocenters. The number of hydrogen-bond donors (Lipinski definition) is 1. The van der Waals surface area contributed by atoms with E-state index in [1.807, 2.05) is 25.1 Å². The second kappa shape index (κ2) is 6.07. The van der Waals surface area contributed by atoms with Gasteiger partial charge in [-0.05, 0) is 48.7 Å². The molecule has 1 atom stereocenters. The normalized spacial score (nSPS) is 20.2. The van der Waals surface area contributed by atoms with Crippen LogP contribution in [0.2, 0.25) is 0 Å². The number of hydrogen-bond acceptors (Lipinski definition) is 4. The zero-order valence-corrected chi connectivity index (χ0v) is 15.9. The van der Waals surface area contributed by atoms with Crippen LogP contribution >= 0.6 is 0 Å². The Morgan fingerprint density at radius 1 is 0.923 bits per heavy atom. The monoisotopic (exact) mass is 392 g/mol. The molecule has 2 aliphatic rings. The molecular weight excluding hydrogens is 372 g/mol. The van der Waals surface area contributed by atoms with Gasteiger partial charge < -0.3 is 0 Å². The van der Waals surface area contributed by atoms with Crippen LogP contribution in [0.15, 0.2) is 58.3 Å². The molecule has 1 aliphatic heterocycles. The van der Waals surface area contributed by atoms with Crippen LogP contribution in [0, 0.1) is 0 Å². The second-order valence-electron chi connectivity index (χ2n) is 6.86. The maximum Gasteiger partial charge on any atom is 0.264 e. The molecule has 1 saturated carbocycles. The molecule has 4 rings (SSSR count). The Morgan fingerprint density at radius 3 is 2.19 bits per heavy atom. The molecule has 1 heterocycles. The van der Waals surface area contributed by atoms with E-state index in [2.05, 4.69) is 4.72 Å². The van der Waals surface area contributed by atoms with Gasteiger partial charge in [0.25, 0.3) is 10.0 Å². The van der Waals surface area contributed by atoms with Gasteiger partial charge in [0.05, 0.1) is 15.5 Å². The molecule has 0 spiro atoms. The summed E-state index contributed by atoms with van der Waals surface area (Å²) in [7, 11) is -7.33. The highest BCUT2D eigenvalue weighted by Crippen LogP contribution is 2.39. The predicted octanol–water partition coefficient (Wildman–Crippen LogP) is 2.44. The number of fused-ring (bicyclic) bond motifs is 1. The first-order chi connectivity index (χ1) is 12.3. The first kappa shape index (κ1) is 17.5. The highest BCUT2D eigenvalue weighted by atomic mass is 32.2. The Balaban J connectivity index is 1.65. The fourth-order valence-corrected chi connectivity index (χ4v) is 6.10. The van der Waals surface area contributed by atoms with Crippen LogP contribution in [0.5, 0.6) is 0 Å². The second-order valence-corrected chi connectivity index (χ2v) is 10.4. The standard InChI is InChI=1S/C18H20N2O4S2/c1-13-12-20(18-5-3-2-4-17(13)18)26(23,24)16-10-8-15(9-11-16)25(21,22)19-14-6-7-14/h2-5,8-11,13-14,19H,6-7,12H2,1H3. The minimum Gasteiger partial charge on any atom is -0.265 e. The summed E-state index contributed by atoms with van der Waals surface area (Å²) < 4.78 is 54.6. The summed E-state index contributed by atoms with van der Waals surface area (Å²) in [5, 5.41) is 0. The lowest BCUT2D eigenvalue weighted by Crippen LogP contribution is -2.30. The van der Waals surface area contributed by atoms with E-state index in [0.717, 1.165) is 18.4 Å². The van der Waals surface area contributed by atoms with E-state index >= 15 is 0 Å². The number of rotatable bonds is 5. The fourth-order valence-electron chi connectivity index (χ4n) is 3.21. The summed E-state index contributed by atoms with van der Waals surface area (Å²) >= 11 is 0. The van der Waals surface area contributed by atoms with Gasteiger partial charge in [-0.3, -0.25) is 4.31 Å². The van der Waals surface area contributed by atoms with Crippen LogP contribution in [0.25, 0.3) is 0 Å². The molecule has 6 nitrogen and oxygen atoms in total. The lowest BCUT2D eigenvalue weighted by molar-refractivity contribution is 0.579. The van der Waals surface area contributed by atoms with Gasteiger partial charge in [-0.1, -0.05) is 25.1 Å². The number of benzene rings is 2. The number of sulfonamides is 2. The highest BCUT2D eigenvalue weighted by molar-refractivity contribution is 7.93. The lowest BCUT2D eigenvalue weighted by atomic mass is 10.0. The van der Waals surface area contributed by atoms with Gasteiger partial charge in [0.1, 0.15) is 0 Å². The van der Waals surface area contributed by atoms with Crippen LogP contribution in [-0.4, -0.2) is 29.4 Å². The van der Waals surface area contributed by atoms with Gasteiger partial charge in [0.15, 0.2) is 0 Å². The Hall–Kier alpha value is -1.90. The maximum absolute atomic E-state index is 13.1. The molecule has 2 aromatic carbocycles. The summed E-state index contributed by atoms with van der Waals surface area (Å²) in [5.41, 5.74) is 1.69. The molecular formula is C18H20N2O4S2. The molecule has 0 saturated heterocycles. The summed E-state index contributed by atoms with van der Waals surface area (Å²) in [5.74, 6) is 0.114. The van der Waals surface area contributed by atoms with Crippen LogP contribution in [0.1, 0.15) is 31.2 Å². The molecule has 0 bridgehead atoms. The van der Waals surface area contributed by atoms with Crippen molar-refractivity contribution in [2.45, 2.75) is 41.5 Å². The van der Waals surface area contributed by atoms with Crippen molar-refractivity contribution in [3.05, 3.63) is 54.1 Å². The van der Waals surface area contributed by atoms with Crippen LogP contribution in [0.3, 0.4) is 0 Å². The minimum atomic E-state index is -3.74. The van der Waals surface area contributed by atoms with E-state index in [1.54, 1.807) is 6.07 Å². The predicted molar refractivity (Wildman–Crippen MR) is 99.2 cm³/mol. The van der Waals surface area contributed by atoms with Gasteiger partial charge in [0.2, 0.25) is 10.0 Å². The Kier molecular flexibility index (Phi) is 4.09. The van der Waals surface area contributed by atoms with E-state index in [1.165, 1.54) is 28.6 Å². The largest absolute Gasteiger partial charge is 0.265 e. The van der Waals surface area contributed by atoms with Crippen molar-refractivity contribution in [3.63, 3.8) is 0 Å². The Bertz CT molecular complexity index is 1040. The smallest absolute Gasteiger partial charge is 0.264 e. The molecule has 1 aliphatic carbocycles. The summed E-state index contributed by atoms with van der Waals surface area (Å²) in [6.07, 6.45) is 1.69. The van der Waals surface area contributed by atoms with Crippen LogP contribution in [0.4, 0.5) is 5.69 Å².